The molecule has 1 aromatic rings. The van der Waals surface area contributed by atoms with Crippen LogP contribution in [-0.2, 0) is 20.9 Å². The first-order chi connectivity index (χ1) is 14.5. The lowest BCUT2D eigenvalue weighted by atomic mass is 9.75. The second kappa shape index (κ2) is 8.41. The first-order valence-electron chi connectivity index (χ1n) is 10.5. The lowest BCUT2D eigenvalue weighted by Crippen LogP contribution is -2.81. The molecule has 4 unspecified atom stereocenters. The van der Waals surface area contributed by atoms with E-state index in [9.17, 15) is 19.5 Å². The number of amides is 3. The zero-order valence-corrected chi connectivity index (χ0v) is 18.7. The van der Waals surface area contributed by atoms with Gasteiger partial charge in [0.1, 0.15) is 23.0 Å². The molecule has 31 heavy (non-hydrogen) atoms. The third-order valence-corrected chi connectivity index (χ3v) is 5.81. The number of likely N-dealkylation sites (tertiary alicyclic amines) is 2. The average Bonchev–Trinajstić information content (AvgIpc) is 3.17. The van der Waals surface area contributed by atoms with Crippen molar-refractivity contribution in [2.45, 2.75) is 83.3 Å². The third kappa shape index (κ3) is 4.21. The summed E-state index contributed by atoms with van der Waals surface area (Å²) in [5.74, 6) is -0.425. The fourth-order valence-corrected chi connectivity index (χ4v) is 4.45. The van der Waals surface area contributed by atoms with Crippen LogP contribution in [0.2, 0.25) is 0 Å². The Kier molecular flexibility index (Phi) is 6.22. The molecule has 3 rings (SSSR count). The van der Waals surface area contributed by atoms with Crippen LogP contribution in [-0.4, -0.2) is 78.7 Å². The number of rotatable bonds is 5. The molecule has 1 aromatic heterocycles. The standard InChI is InChI=1S/C21H31N5O5/c1-13(27)16(17(28)24-12-15-22-9-7-10-23-15)26-14(2)21(18(26)29)8-6-11-25(21)19(30)31-20(3,4)5/h7,9-10,13-14,16,27H,6,8,11-12H2,1-5H3,(H,24,28). The maximum Gasteiger partial charge on any atom is 0.411 e. The molecular weight excluding hydrogens is 402 g/mol. The molecule has 2 aliphatic heterocycles. The van der Waals surface area contributed by atoms with Crippen LogP contribution in [0.5, 0.6) is 0 Å². The number of aliphatic hydroxyl groups excluding tert-OH is 1. The topological polar surface area (TPSA) is 125 Å². The van der Waals surface area contributed by atoms with Gasteiger partial charge in [-0.3, -0.25) is 14.5 Å². The Hall–Kier alpha value is -2.75. The van der Waals surface area contributed by atoms with Crippen LogP contribution >= 0.6 is 0 Å². The summed E-state index contributed by atoms with van der Waals surface area (Å²) in [5, 5.41) is 13.0. The van der Waals surface area contributed by atoms with E-state index < -0.39 is 41.3 Å². The van der Waals surface area contributed by atoms with E-state index in [2.05, 4.69) is 15.3 Å². The van der Waals surface area contributed by atoms with E-state index in [1.54, 1.807) is 46.2 Å². The minimum atomic E-state index is -1.10. The van der Waals surface area contributed by atoms with Crippen LogP contribution in [0.3, 0.4) is 0 Å². The SMILES string of the molecule is CC(O)C(C(=O)NCc1ncccn1)N1C(=O)C2(CCCN2C(=O)OC(C)(C)C)C1C. The largest absolute Gasteiger partial charge is 0.444 e. The predicted molar refractivity (Wildman–Crippen MR) is 111 cm³/mol. The summed E-state index contributed by atoms with van der Waals surface area (Å²) in [6, 6.07) is 0.133. The van der Waals surface area contributed by atoms with E-state index >= 15 is 0 Å². The van der Waals surface area contributed by atoms with Crippen LogP contribution in [0.4, 0.5) is 4.79 Å². The van der Waals surface area contributed by atoms with Gasteiger partial charge in [0.25, 0.3) is 5.91 Å². The van der Waals surface area contributed by atoms with Gasteiger partial charge in [-0.2, -0.15) is 0 Å². The normalized spacial score (nSPS) is 25.2. The Morgan fingerprint density at radius 3 is 2.55 bits per heavy atom. The van der Waals surface area contributed by atoms with Crippen molar-refractivity contribution < 1.29 is 24.2 Å². The van der Waals surface area contributed by atoms with Crippen molar-refractivity contribution >= 4 is 17.9 Å². The van der Waals surface area contributed by atoms with E-state index in [4.69, 9.17) is 4.74 Å². The molecule has 0 aromatic carbocycles. The Labute approximate surface area is 182 Å². The van der Waals surface area contributed by atoms with Crippen molar-refractivity contribution in [2.75, 3.05) is 6.54 Å². The highest BCUT2D eigenvalue weighted by Gasteiger charge is 2.67. The summed E-state index contributed by atoms with van der Waals surface area (Å²) in [7, 11) is 0. The first kappa shape index (κ1) is 22.9. The third-order valence-electron chi connectivity index (χ3n) is 5.81. The fourth-order valence-electron chi connectivity index (χ4n) is 4.45. The van der Waals surface area contributed by atoms with Gasteiger partial charge in [-0.25, -0.2) is 14.8 Å². The summed E-state index contributed by atoms with van der Waals surface area (Å²) in [6.45, 7) is 9.08. The van der Waals surface area contributed by atoms with E-state index in [0.717, 1.165) is 0 Å². The van der Waals surface area contributed by atoms with Crippen LogP contribution in [0.15, 0.2) is 18.5 Å². The van der Waals surface area contributed by atoms with Crippen molar-refractivity contribution in [3.63, 3.8) is 0 Å². The highest BCUT2D eigenvalue weighted by Crippen LogP contribution is 2.46. The maximum absolute atomic E-state index is 13.4. The Balaban J connectivity index is 1.75. The number of aromatic nitrogens is 2. The molecule has 0 bridgehead atoms. The molecule has 4 atom stereocenters. The van der Waals surface area contributed by atoms with Crippen molar-refractivity contribution in [3.8, 4) is 0 Å². The van der Waals surface area contributed by atoms with Crippen molar-refractivity contribution in [1.29, 1.82) is 0 Å². The number of carbonyl (C=O) groups excluding carboxylic acids is 3. The molecule has 0 radical (unpaired) electrons. The Morgan fingerprint density at radius 2 is 2.00 bits per heavy atom. The van der Waals surface area contributed by atoms with E-state index in [-0.39, 0.29) is 12.5 Å². The zero-order chi connectivity index (χ0) is 23.0. The Bertz CT molecular complexity index is 840. The minimum absolute atomic E-state index is 0.0779. The smallest absolute Gasteiger partial charge is 0.411 e. The number of hydrogen-bond acceptors (Lipinski definition) is 7. The van der Waals surface area contributed by atoms with Crippen molar-refractivity contribution in [1.82, 2.24) is 25.1 Å². The van der Waals surface area contributed by atoms with E-state index in [1.165, 1.54) is 16.7 Å². The Morgan fingerprint density at radius 1 is 1.35 bits per heavy atom. The number of hydrogen-bond donors (Lipinski definition) is 2. The molecule has 170 valence electrons. The molecule has 2 N–H and O–H groups in total. The van der Waals surface area contributed by atoms with Gasteiger partial charge in [0.05, 0.1) is 18.7 Å². The maximum atomic E-state index is 13.4. The summed E-state index contributed by atoms with van der Waals surface area (Å²) >= 11 is 0. The van der Waals surface area contributed by atoms with Crippen LogP contribution in [0, 0.1) is 0 Å². The molecule has 10 nitrogen and oxygen atoms in total. The number of aliphatic hydroxyl groups is 1. The summed E-state index contributed by atoms with van der Waals surface area (Å²) < 4.78 is 5.50. The van der Waals surface area contributed by atoms with Gasteiger partial charge in [-0.15, -0.1) is 0 Å². The van der Waals surface area contributed by atoms with Crippen molar-refractivity contribution in [3.05, 3.63) is 24.3 Å². The molecular formula is C21H31N5O5. The van der Waals surface area contributed by atoms with Gasteiger partial charge >= 0.3 is 6.09 Å². The molecule has 3 heterocycles. The number of β-lactam (4-membered cyclic amide) rings is 1. The molecule has 1 spiro atoms. The number of nitrogens with zero attached hydrogens (tertiary/aromatic N) is 4. The van der Waals surface area contributed by atoms with Gasteiger partial charge < -0.3 is 20.1 Å². The quantitative estimate of drug-likeness (QED) is 0.659. The van der Waals surface area contributed by atoms with Gasteiger partial charge in [0.15, 0.2) is 0 Å². The van der Waals surface area contributed by atoms with Crippen LogP contribution in [0.25, 0.3) is 0 Å². The number of carbonyl (C=O) groups is 3. The molecule has 0 aliphatic carbocycles. The van der Waals surface area contributed by atoms with Crippen LogP contribution in [0.1, 0.15) is 53.3 Å². The number of nitrogens with one attached hydrogen (secondary N) is 1. The van der Waals surface area contributed by atoms with Gasteiger partial charge in [0.2, 0.25) is 5.91 Å². The van der Waals surface area contributed by atoms with Gasteiger partial charge in [0, 0.05) is 18.9 Å². The second-order valence-electron chi connectivity index (χ2n) is 9.12. The second-order valence-corrected chi connectivity index (χ2v) is 9.12. The molecule has 3 amide bonds. The lowest BCUT2D eigenvalue weighted by Gasteiger charge is -2.58. The van der Waals surface area contributed by atoms with Gasteiger partial charge in [-0.05, 0) is 53.5 Å². The zero-order valence-electron chi connectivity index (χ0n) is 18.7. The molecule has 2 fully saturated rings. The predicted octanol–water partition coefficient (Wildman–Crippen LogP) is 0.843. The summed E-state index contributed by atoms with van der Waals surface area (Å²) in [5.41, 5.74) is -1.73. The summed E-state index contributed by atoms with van der Waals surface area (Å²) in [6.07, 6.45) is 2.66. The monoisotopic (exact) mass is 433 g/mol. The number of ether oxygens (including phenoxy) is 1. The fraction of sp³-hybridized carbons (Fsp3) is 0.667. The van der Waals surface area contributed by atoms with E-state index in [1.807, 2.05) is 0 Å². The van der Waals surface area contributed by atoms with Gasteiger partial charge in [-0.1, -0.05) is 0 Å². The first-order valence-corrected chi connectivity index (χ1v) is 10.5. The van der Waals surface area contributed by atoms with Crippen molar-refractivity contribution in [2.24, 2.45) is 0 Å². The minimum Gasteiger partial charge on any atom is -0.444 e. The summed E-state index contributed by atoms with van der Waals surface area (Å²) in [4.78, 5) is 49.9. The lowest BCUT2D eigenvalue weighted by molar-refractivity contribution is -0.183. The molecule has 0 saturated carbocycles. The average molecular weight is 434 g/mol. The molecule has 2 saturated heterocycles. The highest BCUT2D eigenvalue weighted by molar-refractivity contribution is 6.01. The van der Waals surface area contributed by atoms with E-state index in [0.29, 0.717) is 25.2 Å². The molecule has 10 heteroatoms. The highest BCUT2D eigenvalue weighted by atomic mass is 16.6. The van der Waals surface area contributed by atoms with Crippen LogP contribution < -0.4 is 5.32 Å². The molecule has 2 aliphatic rings.